The minimum atomic E-state index is 0.168. The average molecular weight is 294 g/mol. The van der Waals surface area contributed by atoms with Gasteiger partial charge in [0.05, 0.1) is 46.5 Å². The maximum absolute atomic E-state index is 12.3. The highest BCUT2D eigenvalue weighted by atomic mass is 16.2. The van der Waals surface area contributed by atoms with Crippen LogP contribution in [0.2, 0.25) is 0 Å². The normalized spacial score (nSPS) is 18.2. The quantitative estimate of drug-likeness (QED) is 0.795. The van der Waals surface area contributed by atoms with Gasteiger partial charge < -0.3 is 14.7 Å². The van der Waals surface area contributed by atoms with E-state index in [1.54, 1.807) is 4.68 Å². The summed E-state index contributed by atoms with van der Waals surface area (Å²) in [5.41, 5.74) is 1.12. The summed E-state index contributed by atoms with van der Waals surface area (Å²) in [6, 6.07) is 0.449. The molecule has 1 aromatic rings. The van der Waals surface area contributed by atoms with E-state index in [1.165, 1.54) is 0 Å². The molecular weight excluding hydrogens is 266 g/mol. The lowest BCUT2D eigenvalue weighted by Crippen LogP contribution is -2.56. The van der Waals surface area contributed by atoms with Crippen molar-refractivity contribution in [3.63, 3.8) is 0 Å². The number of rotatable bonds is 5. The smallest absolute Gasteiger partial charge is 0.244 e. The van der Waals surface area contributed by atoms with Crippen LogP contribution in [0.1, 0.15) is 19.4 Å². The van der Waals surface area contributed by atoms with Crippen molar-refractivity contribution in [2.45, 2.75) is 33.0 Å². The topological polar surface area (TPSA) is 50.2 Å². The Balaban J connectivity index is 1.83. The largest absolute Gasteiger partial charge is 0.330 e. The summed E-state index contributed by atoms with van der Waals surface area (Å²) < 4.78 is 2.74. The highest BCUT2D eigenvalue weighted by Crippen LogP contribution is 2.07. The van der Waals surface area contributed by atoms with Crippen LogP contribution < -0.4 is 5.32 Å². The van der Waals surface area contributed by atoms with Gasteiger partial charge in [-0.05, 0) is 0 Å². The Morgan fingerprint density at radius 3 is 2.67 bits per heavy atom. The molecule has 1 aliphatic rings. The van der Waals surface area contributed by atoms with Crippen LogP contribution in [0.3, 0.4) is 0 Å². The first-order valence-electron chi connectivity index (χ1n) is 7.70. The molecule has 0 aliphatic carbocycles. The molecule has 1 aromatic heterocycles. The molecule has 21 heavy (non-hydrogen) atoms. The van der Waals surface area contributed by atoms with E-state index < -0.39 is 0 Å². The number of hydrogen-bond acceptors (Lipinski definition) is 3. The third-order valence-electron chi connectivity index (χ3n) is 4.00. The summed E-state index contributed by atoms with van der Waals surface area (Å²) in [7, 11) is 4.42. The van der Waals surface area contributed by atoms with Gasteiger partial charge in [-0.2, -0.15) is 5.10 Å². The minimum absolute atomic E-state index is 0.168. The Kier molecular flexibility index (Phi) is 5.00. The molecule has 0 spiro atoms. The molecule has 1 N–H and O–H groups in total. The third-order valence-corrected chi connectivity index (χ3v) is 4.00. The lowest BCUT2D eigenvalue weighted by molar-refractivity contribution is -0.894. The summed E-state index contributed by atoms with van der Waals surface area (Å²) >= 11 is 0. The molecule has 0 radical (unpaired) electrons. The molecule has 0 aromatic carbocycles. The lowest BCUT2D eigenvalue weighted by Gasteiger charge is -2.39. The van der Waals surface area contributed by atoms with Crippen LogP contribution in [0.15, 0.2) is 12.4 Å². The summed E-state index contributed by atoms with van der Waals surface area (Å²) in [6.45, 7) is 9.09. The zero-order valence-corrected chi connectivity index (χ0v) is 13.7. The Morgan fingerprint density at radius 2 is 2.05 bits per heavy atom. The van der Waals surface area contributed by atoms with Crippen LogP contribution >= 0.6 is 0 Å². The summed E-state index contributed by atoms with van der Waals surface area (Å²) in [5.74, 6) is 0.168. The number of hydrogen-bond donors (Lipinski definition) is 1. The molecule has 6 nitrogen and oxygen atoms in total. The number of nitrogens with one attached hydrogen (secondary N) is 1. The molecule has 1 saturated heterocycles. The van der Waals surface area contributed by atoms with Crippen LogP contribution in [0.4, 0.5) is 0 Å². The molecule has 0 saturated carbocycles. The van der Waals surface area contributed by atoms with E-state index in [0.717, 1.165) is 42.8 Å². The van der Waals surface area contributed by atoms with E-state index in [2.05, 4.69) is 38.4 Å². The number of nitrogens with zero attached hydrogens (tertiary/aromatic N) is 4. The van der Waals surface area contributed by atoms with Crippen molar-refractivity contribution in [2.75, 3.05) is 40.3 Å². The maximum Gasteiger partial charge on any atom is 0.244 e. The van der Waals surface area contributed by atoms with Gasteiger partial charge in [0.15, 0.2) is 0 Å². The number of carbonyl (C=O) groups excluding carboxylic acids is 1. The molecule has 2 rings (SSSR count). The standard InChI is InChI=1S/C15H28N5O/c1-13(2)16-9-14-10-17-19(11-14)12-15(21)18-5-7-20(3,4)8-6-18/h10-11,13,16H,5-9,12H2,1-4H3/q+1. The van der Waals surface area contributed by atoms with Crippen molar-refractivity contribution in [1.82, 2.24) is 20.0 Å². The second-order valence-corrected chi connectivity index (χ2v) is 6.85. The zero-order chi connectivity index (χ0) is 15.5. The molecule has 1 fully saturated rings. The number of piperazine rings is 1. The van der Waals surface area contributed by atoms with Crippen molar-refractivity contribution in [3.8, 4) is 0 Å². The number of amides is 1. The predicted molar refractivity (Wildman–Crippen MR) is 82.6 cm³/mol. The summed E-state index contributed by atoms with van der Waals surface area (Å²) in [5, 5.41) is 7.63. The number of carbonyl (C=O) groups is 1. The zero-order valence-electron chi connectivity index (χ0n) is 13.7. The van der Waals surface area contributed by atoms with Crippen molar-refractivity contribution in [2.24, 2.45) is 0 Å². The monoisotopic (exact) mass is 294 g/mol. The fourth-order valence-electron chi connectivity index (χ4n) is 2.40. The number of quaternary nitrogens is 1. The van der Waals surface area contributed by atoms with Crippen molar-refractivity contribution in [1.29, 1.82) is 0 Å². The lowest BCUT2D eigenvalue weighted by atomic mass is 10.3. The van der Waals surface area contributed by atoms with E-state index in [-0.39, 0.29) is 5.91 Å². The molecule has 6 heteroatoms. The molecule has 0 bridgehead atoms. The van der Waals surface area contributed by atoms with Gasteiger partial charge in [-0.15, -0.1) is 0 Å². The molecule has 1 amide bonds. The Hall–Kier alpha value is -1.40. The Labute approximate surface area is 127 Å². The number of likely N-dealkylation sites (N-methyl/N-ethyl adjacent to an activating group) is 1. The predicted octanol–water partition coefficient (Wildman–Crippen LogP) is 0.300. The van der Waals surface area contributed by atoms with Crippen molar-refractivity contribution < 1.29 is 9.28 Å². The van der Waals surface area contributed by atoms with Crippen LogP contribution in [0.25, 0.3) is 0 Å². The first-order chi connectivity index (χ1) is 9.85. The Morgan fingerprint density at radius 1 is 1.38 bits per heavy atom. The van der Waals surface area contributed by atoms with Crippen LogP contribution in [0.5, 0.6) is 0 Å². The third kappa shape index (κ3) is 4.82. The van der Waals surface area contributed by atoms with Gasteiger partial charge in [0, 0.05) is 24.3 Å². The van der Waals surface area contributed by atoms with E-state index in [9.17, 15) is 4.79 Å². The fourth-order valence-corrected chi connectivity index (χ4v) is 2.40. The van der Waals surface area contributed by atoms with Gasteiger partial charge in [-0.25, -0.2) is 0 Å². The van der Waals surface area contributed by atoms with E-state index in [1.807, 2.05) is 17.3 Å². The van der Waals surface area contributed by atoms with Gasteiger partial charge in [0.2, 0.25) is 5.91 Å². The van der Waals surface area contributed by atoms with Crippen LogP contribution in [-0.2, 0) is 17.9 Å². The molecule has 118 valence electrons. The highest BCUT2D eigenvalue weighted by molar-refractivity contribution is 5.76. The molecule has 0 unspecified atom stereocenters. The molecule has 2 heterocycles. The molecule has 0 atom stereocenters. The van der Waals surface area contributed by atoms with Crippen LogP contribution in [0, 0.1) is 0 Å². The van der Waals surface area contributed by atoms with Gasteiger partial charge in [-0.1, -0.05) is 13.8 Å². The Bertz CT molecular complexity index is 470. The second-order valence-electron chi connectivity index (χ2n) is 6.85. The SMILES string of the molecule is CC(C)NCc1cnn(CC(=O)N2CC[N+](C)(C)CC2)c1. The highest BCUT2D eigenvalue weighted by Gasteiger charge is 2.27. The first kappa shape index (κ1) is 16.0. The minimum Gasteiger partial charge on any atom is -0.330 e. The molecule has 1 aliphatic heterocycles. The van der Waals surface area contributed by atoms with E-state index in [4.69, 9.17) is 0 Å². The summed E-state index contributed by atoms with van der Waals surface area (Å²) in [4.78, 5) is 14.3. The molecular formula is C15H28N5O+. The van der Waals surface area contributed by atoms with E-state index in [0.29, 0.717) is 12.6 Å². The average Bonchev–Trinajstić information content (AvgIpc) is 2.83. The fraction of sp³-hybridized carbons (Fsp3) is 0.733. The van der Waals surface area contributed by atoms with Crippen LogP contribution in [-0.4, -0.2) is 71.4 Å². The maximum atomic E-state index is 12.3. The van der Waals surface area contributed by atoms with Gasteiger partial charge in [0.1, 0.15) is 6.54 Å². The van der Waals surface area contributed by atoms with Crippen molar-refractivity contribution >= 4 is 5.91 Å². The second kappa shape index (κ2) is 6.58. The van der Waals surface area contributed by atoms with Gasteiger partial charge in [0.25, 0.3) is 0 Å². The van der Waals surface area contributed by atoms with Gasteiger partial charge >= 0.3 is 0 Å². The first-order valence-corrected chi connectivity index (χ1v) is 7.70. The van der Waals surface area contributed by atoms with Gasteiger partial charge in [-0.3, -0.25) is 9.48 Å². The summed E-state index contributed by atoms with van der Waals surface area (Å²) in [6.07, 6.45) is 3.79. The van der Waals surface area contributed by atoms with E-state index >= 15 is 0 Å². The number of aromatic nitrogens is 2. The van der Waals surface area contributed by atoms with Crippen molar-refractivity contribution in [3.05, 3.63) is 18.0 Å².